The average molecular weight is 273 g/mol. The first-order chi connectivity index (χ1) is 8.73. The van der Waals surface area contributed by atoms with E-state index in [1.807, 2.05) is 0 Å². The summed E-state index contributed by atoms with van der Waals surface area (Å²) in [5.41, 5.74) is -1.82. The third kappa shape index (κ3) is 2.89. The van der Waals surface area contributed by atoms with Crippen molar-refractivity contribution in [3.8, 4) is 0 Å². The molecular formula is C13H14F3NO2. The highest BCUT2D eigenvalue weighted by molar-refractivity contribution is 5.77. The van der Waals surface area contributed by atoms with Crippen LogP contribution >= 0.6 is 0 Å². The van der Waals surface area contributed by atoms with Crippen molar-refractivity contribution in [2.24, 2.45) is 0 Å². The molecule has 1 aromatic carbocycles. The van der Waals surface area contributed by atoms with Crippen molar-refractivity contribution in [2.75, 3.05) is 18.0 Å². The molecule has 0 radical (unpaired) electrons. The number of carbonyl (C=O) groups is 1. The highest BCUT2D eigenvalue weighted by Crippen LogP contribution is 2.39. The van der Waals surface area contributed by atoms with Gasteiger partial charge < -0.3 is 10.0 Å². The first-order valence-corrected chi connectivity index (χ1v) is 5.87. The monoisotopic (exact) mass is 273 g/mol. The second-order valence-corrected chi connectivity index (χ2v) is 5.06. The quantitative estimate of drug-likeness (QED) is 0.842. The van der Waals surface area contributed by atoms with E-state index in [1.54, 1.807) is 6.92 Å². The van der Waals surface area contributed by atoms with Crippen LogP contribution in [0.5, 0.6) is 0 Å². The number of hydrogen-bond acceptors (Lipinski definition) is 3. The lowest BCUT2D eigenvalue weighted by Crippen LogP contribution is -2.30. The number of hydrogen-bond donors (Lipinski definition) is 1. The zero-order chi connectivity index (χ0) is 14.3. The fourth-order valence-corrected chi connectivity index (χ4v) is 2.28. The molecular weight excluding hydrogens is 259 g/mol. The maximum Gasteiger partial charge on any atom is 0.418 e. The SMILES string of the molecule is CC1(O)CCN(c2ccc(C=O)cc2C(F)(F)F)C1. The highest BCUT2D eigenvalue weighted by Gasteiger charge is 2.38. The van der Waals surface area contributed by atoms with E-state index >= 15 is 0 Å². The van der Waals surface area contributed by atoms with Crippen LogP contribution in [0.25, 0.3) is 0 Å². The van der Waals surface area contributed by atoms with Gasteiger partial charge in [-0.15, -0.1) is 0 Å². The van der Waals surface area contributed by atoms with Crippen LogP contribution in [0.3, 0.4) is 0 Å². The number of β-amino-alcohol motifs (C(OH)–C–C–N with tert-alkyl or cyclic N) is 1. The smallest absolute Gasteiger partial charge is 0.388 e. The highest BCUT2D eigenvalue weighted by atomic mass is 19.4. The minimum absolute atomic E-state index is 0.0101. The number of aliphatic hydroxyl groups is 1. The summed E-state index contributed by atoms with van der Waals surface area (Å²) in [7, 11) is 0. The molecule has 1 heterocycles. The average Bonchev–Trinajstić information content (AvgIpc) is 2.67. The second-order valence-electron chi connectivity index (χ2n) is 5.06. The third-order valence-corrected chi connectivity index (χ3v) is 3.25. The first-order valence-electron chi connectivity index (χ1n) is 5.87. The van der Waals surface area contributed by atoms with E-state index in [2.05, 4.69) is 0 Å². The van der Waals surface area contributed by atoms with Crippen LogP contribution in [-0.2, 0) is 6.18 Å². The lowest BCUT2D eigenvalue weighted by Gasteiger charge is -2.24. The Labute approximate surface area is 108 Å². The van der Waals surface area contributed by atoms with E-state index in [9.17, 15) is 23.1 Å². The number of benzene rings is 1. The zero-order valence-electron chi connectivity index (χ0n) is 10.4. The summed E-state index contributed by atoms with van der Waals surface area (Å²) in [6.45, 7) is 2.10. The molecule has 1 aromatic rings. The van der Waals surface area contributed by atoms with E-state index in [0.29, 0.717) is 19.3 Å². The fourth-order valence-electron chi connectivity index (χ4n) is 2.28. The number of nitrogens with zero attached hydrogens (tertiary/aromatic N) is 1. The molecule has 104 valence electrons. The van der Waals surface area contributed by atoms with Crippen LogP contribution in [0.15, 0.2) is 18.2 Å². The van der Waals surface area contributed by atoms with Gasteiger partial charge in [0.2, 0.25) is 0 Å². The maximum atomic E-state index is 13.0. The Hall–Kier alpha value is -1.56. The van der Waals surface area contributed by atoms with Gasteiger partial charge in [0.1, 0.15) is 6.29 Å². The molecule has 6 heteroatoms. The molecule has 1 aliphatic heterocycles. The lowest BCUT2D eigenvalue weighted by molar-refractivity contribution is -0.137. The first kappa shape index (κ1) is 13.9. The summed E-state index contributed by atoms with van der Waals surface area (Å²) in [5.74, 6) is 0. The molecule has 0 bridgehead atoms. The zero-order valence-corrected chi connectivity index (χ0v) is 10.4. The van der Waals surface area contributed by atoms with E-state index in [1.165, 1.54) is 17.0 Å². The summed E-state index contributed by atoms with van der Waals surface area (Å²) < 4.78 is 39.0. The normalized spacial score (nSPS) is 23.7. The van der Waals surface area contributed by atoms with Gasteiger partial charge in [0, 0.05) is 24.3 Å². The topological polar surface area (TPSA) is 40.5 Å². The van der Waals surface area contributed by atoms with E-state index in [4.69, 9.17) is 0 Å². The Balaban J connectivity index is 2.43. The molecule has 1 N–H and O–H groups in total. The molecule has 1 atom stereocenters. The van der Waals surface area contributed by atoms with Crippen LogP contribution in [0.1, 0.15) is 29.3 Å². The molecule has 0 saturated carbocycles. The summed E-state index contributed by atoms with van der Waals surface area (Å²) in [5, 5.41) is 9.84. The lowest BCUT2D eigenvalue weighted by atomic mass is 10.1. The minimum atomic E-state index is -4.52. The molecule has 1 unspecified atom stereocenters. The molecule has 0 amide bonds. The third-order valence-electron chi connectivity index (χ3n) is 3.25. The van der Waals surface area contributed by atoms with Gasteiger partial charge in [0.25, 0.3) is 0 Å². The summed E-state index contributed by atoms with van der Waals surface area (Å²) in [6, 6.07) is 3.48. The van der Waals surface area contributed by atoms with Gasteiger partial charge >= 0.3 is 6.18 Å². The van der Waals surface area contributed by atoms with Crippen molar-refractivity contribution in [1.29, 1.82) is 0 Å². The molecule has 0 aliphatic carbocycles. The van der Waals surface area contributed by atoms with Crippen molar-refractivity contribution in [1.82, 2.24) is 0 Å². The van der Waals surface area contributed by atoms with E-state index in [0.717, 1.165) is 6.07 Å². The van der Waals surface area contributed by atoms with Crippen LogP contribution in [-0.4, -0.2) is 30.1 Å². The van der Waals surface area contributed by atoms with Crippen LogP contribution in [0.4, 0.5) is 18.9 Å². The van der Waals surface area contributed by atoms with Gasteiger partial charge in [0.15, 0.2) is 0 Å². The van der Waals surface area contributed by atoms with Crippen molar-refractivity contribution in [3.05, 3.63) is 29.3 Å². The van der Waals surface area contributed by atoms with Crippen LogP contribution < -0.4 is 4.90 Å². The number of alkyl halides is 3. The number of anilines is 1. The summed E-state index contributed by atoms with van der Waals surface area (Å²) >= 11 is 0. The molecule has 3 nitrogen and oxygen atoms in total. The second kappa shape index (κ2) is 4.52. The van der Waals surface area contributed by atoms with Gasteiger partial charge in [-0.05, 0) is 31.5 Å². The largest absolute Gasteiger partial charge is 0.418 e. The number of aldehydes is 1. The Morgan fingerprint density at radius 1 is 1.42 bits per heavy atom. The van der Waals surface area contributed by atoms with Crippen LogP contribution in [0.2, 0.25) is 0 Å². The molecule has 19 heavy (non-hydrogen) atoms. The van der Waals surface area contributed by atoms with Crippen molar-refractivity contribution in [3.63, 3.8) is 0 Å². The Kier molecular flexibility index (Phi) is 3.30. The standard InChI is InChI=1S/C13H14F3NO2/c1-12(19)4-5-17(8-12)11-3-2-9(7-18)6-10(11)13(14,15)16/h2-3,6-7,19H,4-5,8H2,1H3. The van der Waals surface area contributed by atoms with Gasteiger partial charge in [-0.1, -0.05) is 0 Å². The molecule has 1 saturated heterocycles. The van der Waals surface area contributed by atoms with Gasteiger partial charge in [-0.3, -0.25) is 4.79 Å². The van der Waals surface area contributed by atoms with E-state index < -0.39 is 17.3 Å². The Morgan fingerprint density at radius 3 is 2.58 bits per heavy atom. The molecule has 2 rings (SSSR count). The maximum absolute atomic E-state index is 13.0. The predicted molar refractivity (Wildman–Crippen MR) is 64.3 cm³/mol. The summed E-state index contributed by atoms with van der Waals surface area (Å²) in [6.07, 6.45) is -3.72. The minimum Gasteiger partial charge on any atom is -0.388 e. The van der Waals surface area contributed by atoms with Crippen molar-refractivity contribution >= 4 is 12.0 Å². The molecule has 1 aliphatic rings. The molecule has 1 fully saturated rings. The number of halogens is 3. The Morgan fingerprint density at radius 2 is 2.11 bits per heavy atom. The number of carbonyl (C=O) groups excluding carboxylic acids is 1. The van der Waals surface area contributed by atoms with Gasteiger partial charge in [-0.2, -0.15) is 13.2 Å². The predicted octanol–water partition coefficient (Wildman–Crippen LogP) is 2.48. The number of rotatable bonds is 2. The Bertz CT molecular complexity index is 497. The van der Waals surface area contributed by atoms with Crippen molar-refractivity contribution < 1.29 is 23.1 Å². The van der Waals surface area contributed by atoms with Gasteiger partial charge in [0.05, 0.1) is 11.2 Å². The molecule has 0 aromatic heterocycles. The van der Waals surface area contributed by atoms with Crippen molar-refractivity contribution in [2.45, 2.75) is 25.1 Å². The summed E-state index contributed by atoms with van der Waals surface area (Å²) in [4.78, 5) is 12.1. The molecule has 0 spiro atoms. The fraction of sp³-hybridized carbons (Fsp3) is 0.462. The van der Waals surface area contributed by atoms with Gasteiger partial charge in [-0.25, -0.2) is 0 Å². The van der Waals surface area contributed by atoms with E-state index in [-0.39, 0.29) is 17.8 Å². The van der Waals surface area contributed by atoms with Crippen LogP contribution in [0, 0.1) is 0 Å².